The number of carbonyl (C=O) groups excluding carboxylic acids is 1. The largest absolute Gasteiger partial charge is 0.482 e. The normalized spacial score (nSPS) is 10.0. The van der Waals surface area contributed by atoms with E-state index in [4.69, 9.17) is 44.8 Å². The minimum Gasteiger partial charge on any atom is -0.482 e. The zero-order valence-electron chi connectivity index (χ0n) is 11.8. The van der Waals surface area contributed by atoms with Crippen molar-refractivity contribution in [3.05, 3.63) is 57.0 Å². The SMILES string of the molecule is N#CCc1ccc(NC(=O)COc2cc(Cl)c(Cl)cc2Cl)cc1. The number of hydrogen-bond donors (Lipinski definition) is 1. The maximum Gasteiger partial charge on any atom is 0.262 e. The van der Waals surface area contributed by atoms with Gasteiger partial charge in [-0.05, 0) is 23.8 Å². The molecule has 0 aliphatic carbocycles. The van der Waals surface area contributed by atoms with E-state index in [1.54, 1.807) is 24.3 Å². The summed E-state index contributed by atoms with van der Waals surface area (Å²) in [7, 11) is 0. The summed E-state index contributed by atoms with van der Waals surface area (Å²) in [5, 5.41) is 12.2. The average molecular weight is 370 g/mol. The second-order valence-corrected chi connectivity index (χ2v) is 5.79. The number of nitriles is 1. The number of benzene rings is 2. The predicted molar refractivity (Wildman–Crippen MR) is 91.4 cm³/mol. The van der Waals surface area contributed by atoms with Gasteiger partial charge in [0.1, 0.15) is 5.75 Å². The summed E-state index contributed by atoms with van der Waals surface area (Å²) in [5.74, 6) is -0.0687. The van der Waals surface area contributed by atoms with Crippen LogP contribution in [0.25, 0.3) is 0 Å². The summed E-state index contributed by atoms with van der Waals surface area (Å²) < 4.78 is 5.34. The number of amides is 1. The topological polar surface area (TPSA) is 62.1 Å². The Morgan fingerprint density at radius 3 is 2.39 bits per heavy atom. The smallest absolute Gasteiger partial charge is 0.262 e. The van der Waals surface area contributed by atoms with Gasteiger partial charge in [-0.3, -0.25) is 4.79 Å². The highest BCUT2D eigenvalue weighted by Crippen LogP contribution is 2.33. The third-order valence-corrected chi connectivity index (χ3v) is 3.87. The molecule has 0 aromatic heterocycles. The molecule has 2 rings (SSSR count). The average Bonchev–Trinajstić information content (AvgIpc) is 2.52. The number of anilines is 1. The highest BCUT2D eigenvalue weighted by molar-refractivity contribution is 6.43. The first-order chi connectivity index (χ1) is 11.0. The highest BCUT2D eigenvalue weighted by atomic mass is 35.5. The monoisotopic (exact) mass is 368 g/mol. The second kappa shape index (κ2) is 8.07. The number of ether oxygens (including phenoxy) is 1. The first-order valence-corrected chi connectivity index (χ1v) is 7.66. The van der Waals surface area contributed by atoms with Crippen LogP contribution in [0.1, 0.15) is 5.56 Å². The van der Waals surface area contributed by atoms with E-state index < -0.39 is 0 Å². The lowest BCUT2D eigenvalue weighted by atomic mass is 10.1. The predicted octanol–water partition coefficient (Wildman–Crippen LogP) is 4.73. The van der Waals surface area contributed by atoms with Crippen molar-refractivity contribution in [3.63, 3.8) is 0 Å². The molecule has 1 N–H and O–H groups in total. The van der Waals surface area contributed by atoms with Crippen molar-refractivity contribution in [1.29, 1.82) is 5.26 Å². The van der Waals surface area contributed by atoms with E-state index in [0.29, 0.717) is 22.2 Å². The maximum atomic E-state index is 11.9. The van der Waals surface area contributed by atoms with E-state index in [9.17, 15) is 4.79 Å². The van der Waals surface area contributed by atoms with E-state index in [1.807, 2.05) is 0 Å². The number of halogens is 3. The van der Waals surface area contributed by atoms with Crippen LogP contribution in [0.2, 0.25) is 15.1 Å². The summed E-state index contributed by atoms with van der Waals surface area (Å²) in [6, 6.07) is 11.9. The molecule has 0 saturated heterocycles. The molecule has 0 saturated carbocycles. The molecule has 0 aliphatic rings. The van der Waals surface area contributed by atoms with Gasteiger partial charge >= 0.3 is 0 Å². The van der Waals surface area contributed by atoms with Crippen molar-refractivity contribution in [2.24, 2.45) is 0 Å². The van der Waals surface area contributed by atoms with Crippen LogP contribution in [0.5, 0.6) is 5.75 Å². The van der Waals surface area contributed by atoms with Gasteiger partial charge in [0.25, 0.3) is 5.91 Å². The fourth-order valence-corrected chi connectivity index (χ4v) is 2.34. The summed E-state index contributed by atoms with van der Waals surface area (Å²) in [6.45, 7) is -0.225. The van der Waals surface area contributed by atoms with Crippen molar-refractivity contribution in [2.45, 2.75) is 6.42 Å². The van der Waals surface area contributed by atoms with Gasteiger partial charge in [0, 0.05) is 11.8 Å². The molecule has 23 heavy (non-hydrogen) atoms. The molecule has 1 amide bonds. The molecule has 0 radical (unpaired) electrons. The van der Waals surface area contributed by atoms with Crippen LogP contribution in [-0.4, -0.2) is 12.5 Å². The zero-order valence-corrected chi connectivity index (χ0v) is 14.0. The molecule has 4 nitrogen and oxygen atoms in total. The van der Waals surface area contributed by atoms with Gasteiger partial charge in [-0.25, -0.2) is 0 Å². The Morgan fingerprint density at radius 1 is 1.09 bits per heavy atom. The molecule has 0 bridgehead atoms. The van der Waals surface area contributed by atoms with Crippen LogP contribution < -0.4 is 10.1 Å². The highest BCUT2D eigenvalue weighted by Gasteiger charge is 2.09. The van der Waals surface area contributed by atoms with E-state index in [1.165, 1.54) is 12.1 Å². The molecule has 0 spiro atoms. The lowest BCUT2D eigenvalue weighted by molar-refractivity contribution is -0.118. The molecular weight excluding hydrogens is 359 g/mol. The number of nitrogens with one attached hydrogen (secondary N) is 1. The van der Waals surface area contributed by atoms with Gasteiger partial charge < -0.3 is 10.1 Å². The fraction of sp³-hybridized carbons (Fsp3) is 0.125. The molecule has 0 aliphatic heterocycles. The molecule has 0 atom stereocenters. The van der Waals surface area contributed by atoms with Crippen LogP contribution in [0.3, 0.4) is 0 Å². The summed E-state index contributed by atoms with van der Waals surface area (Å²) in [5.41, 5.74) is 1.49. The minimum absolute atomic E-state index is 0.225. The Morgan fingerprint density at radius 2 is 1.74 bits per heavy atom. The van der Waals surface area contributed by atoms with Crippen LogP contribution in [0.15, 0.2) is 36.4 Å². The van der Waals surface area contributed by atoms with Crippen molar-refractivity contribution >= 4 is 46.4 Å². The molecule has 2 aromatic carbocycles. The molecule has 2 aromatic rings. The lowest BCUT2D eigenvalue weighted by Crippen LogP contribution is -2.20. The molecule has 0 heterocycles. The van der Waals surface area contributed by atoms with Crippen molar-refractivity contribution in [2.75, 3.05) is 11.9 Å². The molecule has 0 fully saturated rings. The molecule has 118 valence electrons. The van der Waals surface area contributed by atoms with Crippen molar-refractivity contribution in [1.82, 2.24) is 0 Å². The molecular formula is C16H11Cl3N2O2. The Labute approximate surface area is 148 Å². The summed E-state index contributed by atoms with van der Waals surface area (Å²) in [4.78, 5) is 11.9. The van der Waals surface area contributed by atoms with E-state index in [0.717, 1.165) is 5.56 Å². The Balaban J connectivity index is 1.93. The first kappa shape index (κ1) is 17.4. The molecule has 0 unspecified atom stereocenters. The van der Waals surface area contributed by atoms with Gasteiger partial charge in [0.15, 0.2) is 6.61 Å². The van der Waals surface area contributed by atoms with Crippen molar-refractivity contribution in [3.8, 4) is 11.8 Å². The number of rotatable bonds is 5. The maximum absolute atomic E-state index is 11.9. The van der Waals surface area contributed by atoms with E-state index in [-0.39, 0.29) is 23.3 Å². The number of carbonyl (C=O) groups is 1. The fourth-order valence-electron chi connectivity index (χ4n) is 1.75. The first-order valence-electron chi connectivity index (χ1n) is 6.52. The lowest BCUT2D eigenvalue weighted by Gasteiger charge is -2.10. The summed E-state index contributed by atoms with van der Waals surface area (Å²) in [6.07, 6.45) is 0.327. The van der Waals surface area contributed by atoms with Gasteiger partial charge in [-0.1, -0.05) is 46.9 Å². The van der Waals surface area contributed by atoms with Crippen LogP contribution in [0.4, 0.5) is 5.69 Å². The van der Waals surface area contributed by atoms with Crippen molar-refractivity contribution < 1.29 is 9.53 Å². The zero-order chi connectivity index (χ0) is 16.8. The van der Waals surface area contributed by atoms with E-state index >= 15 is 0 Å². The van der Waals surface area contributed by atoms with Gasteiger partial charge in [0.05, 0.1) is 27.6 Å². The molecule has 7 heteroatoms. The van der Waals surface area contributed by atoms with Crippen LogP contribution in [-0.2, 0) is 11.2 Å². The Kier molecular flexibility index (Phi) is 6.12. The van der Waals surface area contributed by atoms with Gasteiger partial charge in [-0.2, -0.15) is 5.26 Å². The van der Waals surface area contributed by atoms with Crippen LogP contribution in [0, 0.1) is 11.3 Å². The minimum atomic E-state index is -0.347. The quantitative estimate of drug-likeness (QED) is 0.775. The third-order valence-electron chi connectivity index (χ3n) is 2.85. The van der Waals surface area contributed by atoms with E-state index in [2.05, 4.69) is 11.4 Å². The second-order valence-electron chi connectivity index (χ2n) is 4.57. The third kappa shape index (κ3) is 5.04. The standard InChI is InChI=1S/C16H11Cl3N2O2/c17-12-7-14(19)15(8-13(12)18)23-9-16(22)21-11-3-1-10(2-4-11)5-6-20/h1-4,7-8H,5,9H2,(H,21,22). The van der Waals surface area contributed by atoms with Crippen LogP contribution >= 0.6 is 34.8 Å². The number of nitrogens with zero attached hydrogens (tertiary/aromatic N) is 1. The Bertz CT molecular complexity index is 755. The van der Waals surface area contributed by atoms with Gasteiger partial charge in [-0.15, -0.1) is 0 Å². The summed E-state index contributed by atoms with van der Waals surface area (Å²) >= 11 is 17.7. The Hall–Kier alpha value is -1.93. The number of hydrogen-bond acceptors (Lipinski definition) is 3. The van der Waals surface area contributed by atoms with Gasteiger partial charge in [0.2, 0.25) is 0 Å².